The number of rotatable bonds is 7. The topological polar surface area (TPSA) is 55.4 Å². The molecule has 0 unspecified atom stereocenters. The van der Waals surface area contributed by atoms with Crippen LogP contribution in [0.4, 0.5) is 10.1 Å². The predicted molar refractivity (Wildman–Crippen MR) is 88.8 cm³/mol. The molecule has 0 fully saturated rings. The van der Waals surface area contributed by atoms with Gasteiger partial charge < -0.3 is 4.74 Å². The zero-order chi connectivity index (χ0) is 16.9. The van der Waals surface area contributed by atoms with Gasteiger partial charge in [0.05, 0.1) is 11.5 Å². The lowest BCUT2D eigenvalue weighted by molar-refractivity contribution is 0.309. The molecule has 2 aromatic carbocycles. The number of anilines is 1. The van der Waals surface area contributed by atoms with E-state index in [9.17, 15) is 12.8 Å². The van der Waals surface area contributed by atoms with Crippen LogP contribution in [0.25, 0.3) is 0 Å². The molecule has 23 heavy (non-hydrogen) atoms. The first-order chi connectivity index (χ1) is 10.9. The van der Waals surface area contributed by atoms with Gasteiger partial charge in [-0.25, -0.2) is 12.8 Å². The van der Waals surface area contributed by atoms with E-state index in [4.69, 9.17) is 4.74 Å². The van der Waals surface area contributed by atoms with E-state index in [2.05, 4.69) is 11.6 Å². The number of hydrogen-bond donors (Lipinski definition) is 1. The number of benzene rings is 2. The molecule has 124 valence electrons. The van der Waals surface area contributed by atoms with E-state index in [0.717, 1.165) is 18.9 Å². The first-order valence-corrected chi connectivity index (χ1v) is 8.92. The second-order valence-corrected chi connectivity index (χ2v) is 6.93. The maximum absolute atomic E-state index is 13.3. The molecule has 0 saturated heterocycles. The van der Waals surface area contributed by atoms with Crippen molar-refractivity contribution in [2.45, 2.75) is 31.6 Å². The van der Waals surface area contributed by atoms with Gasteiger partial charge in [-0.1, -0.05) is 13.3 Å². The molecule has 0 aliphatic carbocycles. The zero-order valence-corrected chi connectivity index (χ0v) is 14.0. The Bertz CT molecular complexity index is 758. The lowest BCUT2D eigenvalue weighted by Gasteiger charge is -2.10. The van der Waals surface area contributed by atoms with Gasteiger partial charge >= 0.3 is 0 Å². The number of halogens is 1. The van der Waals surface area contributed by atoms with Crippen LogP contribution in [-0.2, 0) is 10.0 Å². The monoisotopic (exact) mass is 337 g/mol. The van der Waals surface area contributed by atoms with Crippen molar-refractivity contribution in [3.63, 3.8) is 0 Å². The minimum Gasteiger partial charge on any atom is -0.494 e. The van der Waals surface area contributed by atoms with Crippen molar-refractivity contribution in [1.82, 2.24) is 0 Å². The highest BCUT2D eigenvalue weighted by atomic mass is 32.2. The van der Waals surface area contributed by atoms with Crippen molar-refractivity contribution in [1.29, 1.82) is 0 Å². The molecule has 1 N–H and O–H groups in total. The van der Waals surface area contributed by atoms with Gasteiger partial charge in [0, 0.05) is 5.69 Å². The van der Waals surface area contributed by atoms with Crippen LogP contribution in [0, 0.1) is 12.7 Å². The normalized spacial score (nSPS) is 11.3. The minimum atomic E-state index is -3.74. The zero-order valence-electron chi connectivity index (χ0n) is 13.2. The van der Waals surface area contributed by atoms with Gasteiger partial charge in [-0.15, -0.1) is 0 Å². The summed E-state index contributed by atoms with van der Waals surface area (Å²) in [7, 11) is -3.74. The molecule has 0 radical (unpaired) electrons. The molecule has 0 spiro atoms. The van der Waals surface area contributed by atoms with Crippen LogP contribution in [0.1, 0.15) is 25.3 Å². The third kappa shape index (κ3) is 4.69. The SMILES string of the molecule is CCCCOc1ccc(NS(=O)(=O)c2ccc(F)c(C)c2)cc1. The fraction of sp³-hybridized carbons (Fsp3) is 0.294. The smallest absolute Gasteiger partial charge is 0.261 e. The van der Waals surface area contributed by atoms with Gasteiger partial charge in [-0.2, -0.15) is 0 Å². The lowest BCUT2D eigenvalue weighted by atomic mass is 10.2. The summed E-state index contributed by atoms with van der Waals surface area (Å²) in [5.74, 6) is 0.261. The Morgan fingerprint density at radius 3 is 2.43 bits per heavy atom. The molecule has 0 bridgehead atoms. The highest BCUT2D eigenvalue weighted by molar-refractivity contribution is 7.92. The van der Waals surface area contributed by atoms with Crippen LogP contribution in [0.5, 0.6) is 5.75 Å². The van der Waals surface area contributed by atoms with E-state index in [1.54, 1.807) is 24.3 Å². The van der Waals surface area contributed by atoms with Crippen LogP contribution in [0.3, 0.4) is 0 Å². The molecule has 0 heterocycles. The Hall–Kier alpha value is -2.08. The van der Waals surface area contributed by atoms with E-state index in [-0.39, 0.29) is 10.5 Å². The van der Waals surface area contributed by atoms with Crippen molar-refractivity contribution in [3.8, 4) is 5.75 Å². The van der Waals surface area contributed by atoms with Crippen molar-refractivity contribution in [2.24, 2.45) is 0 Å². The Morgan fingerprint density at radius 1 is 1.13 bits per heavy atom. The van der Waals surface area contributed by atoms with Gasteiger partial charge in [0.2, 0.25) is 0 Å². The Labute approximate surface area is 136 Å². The fourth-order valence-electron chi connectivity index (χ4n) is 1.95. The maximum Gasteiger partial charge on any atom is 0.261 e. The highest BCUT2D eigenvalue weighted by Crippen LogP contribution is 2.21. The Kier molecular flexibility index (Phi) is 5.60. The van der Waals surface area contributed by atoms with Crippen LogP contribution in [0.15, 0.2) is 47.4 Å². The van der Waals surface area contributed by atoms with Crippen molar-refractivity contribution in [3.05, 3.63) is 53.8 Å². The first kappa shape index (κ1) is 17.3. The molecule has 4 nitrogen and oxygen atoms in total. The van der Waals surface area contributed by atoms with Crippen molar-refractivity contribution < 1.29 is 17.5 Å². The summed E-state index contributed by atoms with van der Waals surface area (Å²) in [6.07, 6.45) is 2.02. The summed E-state index contributed by atoms with van der Waals surface area (Å²) < 4.78 is 45.8. The summed E-state index contributed by atoms with van der Waals surface area (Å²) in [6, 6.07) is 10.4. The maximum atomic E-state index is 13.3. The van der Waals surface area contributed by atoms with Crippen LogP contribution in [0.2, 0.25) is 0 Å². The number of unbranched alkanes of at least 4 members (excludes halogenated alkanes) is 1. The average molecular weight is 337 g/mol. The quantitative estimate of drug-likeness (QED) is 0.774. The molecule has 0 aliphatic rings. The molecule has 6 heteroatoms. The fourth-order valence-corrected chi connectivity index (χ4v) is 3.10. The van der Waals surface area contributed by atoms with Crippen molar-refractivity contribution in [2.75, 3.05) is 11.3 Å². The first-order valence-electron chi connectivity index (χ1n) is 7.44. The van der Waals surface area contributed by atoms with E-state index in [1.165, 1.54) is 19.1 Å². The number of aryl methyl sites for hydroxylation is 1. The van der Waals surface area contributed by atoms with E-state index < -0.39 is 15.8 Å². The minimum absolute atomic E-state index is 0.0275. The van der Waals surface area contributed by atoms with Crippen LogP contribution >= 0.6 is 0 Å². The predicted octanol–water partition coefficient (Wildman–Crippen LogP) is 4.11. The summed E-state index contributed by atoms with van der Waals surface area (Å²) in [5, 5.41) is 0. The number of ether oxygens (including phenoxy) is 1. The van der Waals surface area contributed by atoms with Crippen LogP contribution < -0.4 is 9.46 Å². The second kappa shape index (κ2) is 7.46. The van der Waals surface area contributed by atoms with Gasteiger partial charge in [-0.05, 0) is 61.4 Å². The second-order valence-electron chi connectivity index (χ2n) is 5.24. The van der Waals surface area contributed by atoms with E-state index in [1.807, 2.05) is 0 Å². The number of sulfonamides is 1. The largest absolute Gasteiger partial charge is 0.494 e. The number of nitrogens with one attached hydrogen (secondary N) is 1. The van der Waals surface area contributed by atoms with Gasteiger partial charge in [0.15, 0.2) is 0 Å². The Balaban J connectivity index is 2.09. The highest BCUT2D eigenvalue weighted by Gasteiger charge is 2.15. The van der Waals surface area contributed by atoms with E-state index in [0.29, 0.717) is 18.0 Å². The summed E-state index contributed by atoms with van der Waals surface area (Å²) in [4.78, 5) is 0.0275. The van der Waals surface area contributed by atoms with Gasteiger partial charge in [0.25, 0.3) is 10.0 Å². The van der Waals surface area contributed by atoms with E-state index >= 15 is 0 Å². The summed E-state index contributed by atoms with van der Waals surface area (Å²) in [6.45, 7) is 4.24. The number of hydrogen-bond acceptors (Lipinski definition) is 3. The summed E-state index contributed by atoms with van der Waals surface area (Å²) >= 11 is 0. The molecule has 2 aromatic rings. The van der Waals surface area contributed by atoms with Crippen LogP contribution in [-0.4, -0.2) is 15.0 Å². The lowest BCUT2D eigenvalue weighted by Crippen LogP contribution is -2.13. The molecule has 0 aromatic heterocycles. The molecular formula is C17H20FNO3S. The van der Waals surface area contributed by atoms with Gasteiger partial charge in [0.1, 0.15) is 11.6 Å². The molecule has 0 atom stereocenters. The Morgan fingerprint density at radius 2 is 1.83 bits per heavy atom. The van der Waals surface area contributed by atoms with Gasteiger partial charge in [-0.3, -0.25) is 4.72 Å². The molecule has 2 rings (SSSR count). The molecule has 0 saturated carbocycles. The third-order valence-electron chi connectivity index (χ3n) is 3.31. The summed E-state index contributed by atoms with van der Waals surface area (Å²) in [5.41, 5.74) is 0.711. The average Bonchev–Trinajstić information content (AvgIpc) is 2.51. The van der Waals surface area contributed by atoms with Crippen molar-refractivity contribution >= 4 is 15.7 Å². The third-order valence-corrected chi connectivity index (χ3v) is 4.69. The molecule has 0 amide bonds. The standard InChI is InChI=1S/C17H20FNO3S/c1-3-4-11-22-15-7-5-14(6-8-15)19-23(20,21)16-9-10-17(18)13(2)12-16/h5-10,12,19H,3-4,11H2,1-2H3. The molecular weight excluding hydrogens is 317 g/mol. The molecule has 0 aliphatic heterocycles.